The molecule has 4 aromatic rings. The van der Waals surface area contributed by atoms with Crippen molar-refractivity contribution in [2.75, 3.05) is 40.0 Å². The molecule has 1 atom stereocenters. The summed E-state index contributed by atoms with van der Waals surface area (Å²) < 4.78 is 7.01. The fraction of sp³-hybridized carbons (Fsp3) is 0.382. The van der Waals surface area contributed by atoms with E-state index in [1.54, 1.807) is 7.11 Å². The number of carbonyl (C=O) groups excluding carboxylic acids is 2. The molecule has 2 heterocycles. The number of piperidine rings is 1. The van der Waals surface area contributed by atoms with E-state index in [1.165, 1.54) is 0 Å². The predicted octanol–water partition coefficient (Wildman–Crippen LogP) is 5.04. The van der Waals surface area contributed by atoms with Gasteiger partial charge >= 0.3 is 0 Å². The molecular formula is C34H40N4O4. The Labute approximate surface area is 247 Å². The Kier molecular flexibility index (Phi) is 9.35. The number of aromatic nitrogens is 2. The van der Waals surface area contributed by atoms with Gasteiger partial charge in [0.25, 0.3) is 11.8 Å². The van der Waals surface area contributed by atoms with Gasteiger partial charge in [-0.25, -0.2) is 0 Å². The van der Waals surface area contributed by atoms with Crippen molar-refractivity contribution in [3.63, 3.8) is 0 Å². The number of aryl methyl sites for hydroxylation is 1. The smallest absolute Gasteiger partial charge is 0.253 e. The lowest BCUT2D eigenvalue weighted by Crippen LogP contribution is -2.39. The predicted molar refractivity (Wildman–Crippen MR) is 165 cm³/mol. The minimum atomic E-state index is -0.103. The van der Waals surface area contributed by atoms with E-state index in [1.807, 2.05) is 78.2 Å². The third-order valence-corrected chi connectivity index (χ3v) is 8.41. The number of aliphatic hydroxyl groups is 1. The Hall–Kier alpha value is -4.01. The van der Waals surface area contributed by atoms with E-state index in [9.17, 15) is 14.7 Å². The standard InChI is InChI=1S/C34H40N4O4/c1-23(22-39)26-4-6-27(7-5-26)28-8-10-29(11-9-28)34(41)37-17-14-25(15-18-37)20-38-21-31-24(2)30(12-13-32(31)36-38)33(40)35-16-19-42-3/h4-13,21,23,25,39H,14-20,22H2,1-3H3,(H,35,40). The number of methoxy groups -OCH3 is 1. The van der Waals surface area contributed by atoms with Crippen molar-refractivity contribution in [3.8, 4) is 11.1 Å². The molecule has 0 bridgehead atoms. The van der Waals surface area contributed by atoms with Crippen LogP contribution in [-0.2, 0) is 11.3 Å². The van der Waals surface area contributed by atoms with Crippen LogP contribution in [0.15, 0.2) is 66.9 Å². The van der Waals surface area contributed by atoms with E-state index in [4.69, 9.17) is 9.84 Å². The van der Waals surface area contributed by atoms with Gasteiger partial charge in [0.2, 0.25) is 0 Å². The molecule has 220 valence electrons. The molecule has 1 saturated heterocycles. The fourth-order valence-corrected chi connectivity index (χ4v) is 5.66. The van der Waals surface area contributed by atoms with E-state index < -0.39 is 0 Å². The van der Waals surface area contributed by atoms with Crippen molar-refractivity contribution < 1.29 is 19.4 Å². The van der Waals surface area contributed by atoms with Gasteiger partial charge in [-0.05, 0) is 72.2 Å². The van der Waals surface area contributed by atoms with Crippen LogP contribution < -0.4 is 5.32 Å². The second-order valence-corrected chi connectivity index (χ2v) is 11.3. The zero-order valence-electron chi connectivity index (χ0n) is 24.7. The monoisotopic (exact) mass is 568 g/mol. The summed E-state index contributed by atoms with van der Waals surface area (Å²) in [7, 11) is 1.61. The highest BCUT2D eigenvalue weighted by Crippen LogP contribution is 2.26. The Morgan fingerprint density at radius 1 is 1.02 bits per heavy atom. The molecule has 1 aliphatic rings. The quantitative estimate of drug-likeness (QED) is 0.262. The Bertz CT molecular complexity index is 1520. The first-order chi connectivity index (χ1) is 20.4. The zero-order valence-corrected chi connectivity index (χ0v) is 24.7. The van der Waals surface area contributed by atoms with Crippen LogP contribution in [0, 0.1) is 12.8 Å². The number of aliphatic hydroxyl groups excluding tert-OH is 1. The Morgan fingerprint density at radius 3 is 2.33 bits per heavy atom. The summed E-state index contributed by atoms with van der Waals surface area (Å²) in [5, 5.41) is 18.0. The molecule has 1 unspecified atom stereocenters. The number of carbonyl (C=O) groups is 2. The number of fused-ring (bicyclic) bond motifs is 1. The molecule has 8 heteroatoms. The molecule has 0 saturated carbocycles. The van der Waals surface area contributed by atoms with Gasteiger partial charge in [0, 0.05) is 68.5 Å². The van der Waals surface area contributed by atoms with Crippen LogP contribution in [-0.4, -0.2) is 71.6 Å². The largest absolute Gasteiger partial charge is 0.396 e. The lowest BCUT2D eigenvalue weighted by Gasteiger charge is -2.32. The number of hydrogen-bond acceptors (Lipinski definition) is 5. The van der Waals surface area contributed by atoms with Crippen molar-refractivity contribution in [1.29, 1.82) is 0 Å². The van der Waals surface area contributed by atoms with Gasteiger partial charge in [-0.1, -0.05) is 43.3 Å². The summed E-state index contributed by atoms with van der Waals surface area (Å²) >= 11 is 0. The van der Waals surface area contributed by atoms with Crippen LogP contribution in [0.3, 0.4) is 0 Å². The highest BCUT2D eigenvalue weighted by molar-refractivity contribution is 6.00. The summed E-state index contributed by atoms with van der Waals surface area (Å²) in [6, 6.07) is 19.8. The molecule has 1 aromatic heterocycles. The van der Waals surface area contributed by atoms with Gasteiger partial charge in [0.15, 0.2) is 0 Å². The molecule has 0 aliphatic carbocycles. The molecule has 1 aliphatic heterocycles. The van der Waals surface area contributed by atoms with Crippen LogP contribution in [0.25, 0.3) is 22.0 Å². The van der Waals surface area contributed by atoms with E-state index in [0.717, 1.165) is 65.6 Å². The van der Waals surface area contributed by atoms with Crippen LogP contribution in [0.2, 0.25) is 0 Å². The molecule has 2 amide bonds. The minimum Gasteiger partial charge on any atom is -0.396 e. The SMILES string of the molecule is COCCNC(=O)c1ccc2nn(CC3CCN(C(=O)c4ccc(-c5ccc(C(C)CO)cc5)cc4)CC3)cc2c1C. The number of likely N-dealkylation sites (tertiary alicyclic amines) is 1. The summed E-state index contributed by atoms with van der Waals surface area (Å²) in [5.74, 6) is 0.516. The summed E-state index contributed by atoms with van der Waals surface area (Å²) in [4.78, 5) is 27.8. The summed E-state index contributed by atoms with van der Waals surface area (Å²) in [6.07, 6.45) is 3.88. The van der Waals surface area contributed by atoms with Crippen LogP contribution >= 0.6 is 0 Å². The molecular weight excluding hydrogens is 528 g/mol. The number of nitrogens with one attached hydrogen (secondary N) is 1. The molecule has 0 radical (unpaired) electrons. The number of benzene rings is 3. The van der Waals surface area contributed by atoms with Crippen LogP contribution in [0.4, 0.5) is 0 Å². The first-order valence-corrected chi connectivity index (χ1v) is 14.7. The van der Waals surface area contributed by atoms with Gasteiger partial charge in [0.05, 0.1) is 12.1 Å². The fourth-order valence-electron chi connectivity index (χ4n) is 5.66. The van der Waals surface area contributed by atoms with E-state index >= 15 is 0 Å². The highest BCUT2D eigenvalue weighted by atomic mass is 16.5. The van der Waals surface area contributed by atoms with Crippen LogP contribution in [0.1, 0.15) is 57.5 Å². The van der Waals surface area contributed by atoms with Gasteiger partial charge in [0.1, 0.15) is 0 Å². The van der Waals surface area contributed by atoms with Gasteiger partial charge in [-0.15, -0.1) is 0 Å². The van der Waals surface area contributed by atoms with Gasteiger partial charge < -0.3 is 20.1 Å². The number of amides is 2. The minimum absolute atomic E-state index is 0.0730. The number of rotatable bonds is 10. The highest BCUT2D eigenvalue weighted by Gasteiger charge is 2.24. The number of nitrogens with zero attached hydrogens (tertiary/aromatic N) is 3. The zero-order chi connectivity index (χ0) is 29.6. The maximum atomic E-state index is 13.2. The van der Waals surface area contributed by atoms with Crippen molar-refractivity contribution in [2.45, 2.75) is 39.2 Å². The molecule has 3 aromatic carbocycles. The van der Waals surface area contributed by atoms with Crippen molar-refractivity contribution in [3.05, 3.63) is 89.1 Å². The second-order valence-electron chi connectivity index (χ2n) is 11.3. The maximum Gasteiger partial charge on any atom is 0.253 e. The first kappa shape index (κ1) is 29.5. The molecule has 8 nitrogen and oxygen atoms in total. The maximum absolute atomic E-state index is 13.2. The summed E-state index contributed by atoms with van der Waals surface area (Å²) in [5.41, 5.74) is 6.43. The molecule has 2 N–H and O–H groups in total. The van der Waals surface area contributed by atoms with Gasteiger partial charge in [-0.2, -0.15) is 5.10 Å². The molecule has 0 spiro atoms. The third kappa shape index (κ3) is 6.55. The first-order valence-electron chi connectivity index (χ1n) is 14.7. The lowest BCUT2D eigenvalue weighted by atomic mass is 9.95. The normalized spacial score (nSPS) is 14.7. The van der Waals surface area contributed by atoms with E-state index in [-0.39, 0.29) is 24.3 Å². The molecule has 5 rings (SSSR count). The average Bonchev–Trinajstić information content (AvgIpc) is 3.44. The third-order valence-electron chi connectivity index (χ3n) is 8.41. The van der Waals surface area contributed by atoms with Crippen LogP contribution in [0.5, 0.6) is 0 Å². The van der Waals surface area contributed by atoms with E-state index in [2.05, 4.69) is 17.4 Å². The molecule has 42 heavy (non-hydrogen) atoms. The van der Waals surface area contributed by atoms with E-state index in [0.29, 0.717) is 30.2 Å². The lowest BCUT2D eigenvalue weighted by molar-refractivity contribution is 0.0681. The van der Waals surface area contributed by atoms with Gasteiger partial charge in [-0.3, -0.25) is 14.3 Å². The number of ether oxygens (including phenoxy) is 1. The topological polar surface area (TPSA) is 96.7 Å². The molecule has 1 fully saturated rings. The average molecular weight is 569 g/mol. The Balaban J connectivity index is 1.16. The van der Waals surface area contributed by atoms with Crippen molar-refractivity contribution in [1.82, 2.24) is 20.0 Å². The van der Waals surface area contributed by atoms with Crippen molar-refractivity contribution >= 4 is 22.7 Å². The second kappa shape index (κ2) is 13.3. The Morgan fingerprint density at radius 2 is 1.69 bits per heavy atom. The van der Waals surface area contributed by atoms with Crippen molar-refractivity contribution in [2.24, 2.45) is 5.92 Å². The number of hydrogen-bond donors (Lipinski definition) is 2. The summed E-state index contributed by atoms with van der Waals surface area (Å²) in [6.45, 7) is 7.28.